The first-order chi connectivity index (χ1) is 15.6. The summed E-state index contributed by atoms with van der Waals surface area (Å²) in [5.74, 6) is 1.05. The second-order valence-electron chi connectivity index (χ2n) is 6.76. The lowest BCUT2D eigenvalue weighted by atomic mass is 10.2. The number of imide groups is 1. The molecule has 0 saturated carbocycles. The third-order valence-corrected chi connectivity index (χ3v) is 5.61. The molecule has 0 atom stereocenters. The number of ether oxygens (including phenoxy) is 1. The highest BCUT2D eigenvalue weighted by molar-refractivity contribution is 7.99. The van der Waals surface area contributed by atoms with E-state index >= 15 is 0 Å². The molecule has 0 fully saturated rings. The van der Waals surface area contributed by atoms with E-state index in [1.165, 1.54) is 11.8 Å². The number of carbonyl (C=O) groups is 2. The number of nitrogens with one attached hydrogen (secondary N) is 1. The maximum absolute atomic E-state index is 12.4. The molecule has 0 spiro atoms. The van der Waals surface area contributed by atoms with Crippen LogP contribution in [-0.2, 0) is 4.79 Å². The molecule has 8 nitrogen and oxygen atoms in total. The fourth-order valence-corrected chi connectivity index (χ4v) is 3.82. The SMILES string of the molecule is COc1ccc(C(=O)NC(=O)CSc2nnc(-c3ccoc3C)n2-c2ccccc2)cc1. The average Bonchev–Trinajstić information content (AvgIpc) is 3.43. The van der Waals surface area contributed by atoms with Gasteiger partial charge in [-0.25, -0.2) is 0 Å². The van der Waals surface area contributed by atoms with Crippen molar-refractivity contribution in [2.75, 3.05) is 12.9 Å². The van der Waals surface area contributed by atoms with Crippen molar-refractivity contribution in [3.05, 3.63) is 78.3 Å². The molecular formula is C23H20N4O4S. The Morgan fingerprint density at radius 1 is 1.06 bits per heavy atom. The first-order valence-electron chi connectivity index (χ1n) is 9.73. The zero-order chi connectivity index (χ0) is 22.5. The van der Waals surface area contributed by atoms with Crippen LogP contribution in [0.2, 0.25) is 0 Å². The van der Waals surface area contributed by atoms with E-state index in [4.69, 9.17) is 9.15 Å². The highest BCUT2D eigenvalue weighted by atomic mass is 32.2. The number of para-hydroxylation sites is 1. The van der Waals surface area contributed by atoms with E-state index in [1.54, 1.807) is 37.6 Å². The van der Waals surface area contributed by atoms with Gasteiger partial charge >= 0.3 is 0 Å². The number of thioether (sulfide) groups is 1. The molecule has 0 unspecified atom stereocenters. The van der Waals surface area contributed by atoms with E-state index in [9.17, 15) is 9.59 Å². The number of aromatic nitrogens is 3. The van der Waals surface area contributed by atoms with E-state index in [1.807, 2.05) is 47.9 Å². The van der Waals surface area contributed by atoms with Crippen molar-refractivity contribution in [1.82, 2.24) is 20.1 Å². The standard InChI is InChI=1S/C23H20N4O4S/c1-15-19(12-13-31-15)21-25-26-23(27(21)17-6-4-3-5-7-17)32-14-20(28)24-22(29)16-8-10-18(30-2)11-9-16/h3-13H,14H2,1-2H3,(H,24,28,29). The summed E-state index contributed by atoms with van der Waals surface area (Å²) in [5, 5.41) is 11.5. The van der Waals surface area contributed by atoms with Crippen LogP contribution < -0.4 is 10.1 Å². The summed E-state index contributed by atoms with van der Waals surface area (Å²) in [5.41, 5.74) is 2.03. The minimum absolute atomic E-state index is 0.00275. The Hall–Kier alpha value is -3.85. The number of rotatable bonds is 7. The Balaban J connectivity index is 1.50. The van der Waals surface area contributed by atoms with Gasteiger partial charge in [0, 0.05) is 11.3 Å². The molecule has 0 aliphatic carbocycles. The summed E-state index contributed by atoms with van der Waals surface area (Å²) in [4.78, 5) is 24.7. The molecule has 32 heavy (non-hydrogen) atoms. The molecule has 2 aromatic heterocycles. The zero-order valence-corrected chi connectivity index (χ0v) is 18.3. The number of methoxy groups -OCH3 is 1. The molecule has 0 saturated heterocycles. The van der Waals surface area contributed by atoms with Crippen LogP contribution in [0.4, 0.5) is 0 Å². The van der Waals surface area contributed by atoms with Gasteiger partial charge in [0.05, 0.1) is 24.7 Å². The van der Waals surface area contributed by atoms with E-state index in [0.29, 0.717) is 28.1 Å². The Kier molecular flexibility index (Phi) is 6.37. The Morgan fingerprint density at radius 2 is 1.81 bits per heavy atom. The van der Waals surface area contributed by atoms with Crippen LogP contribution in [0.1, 0.15) is 16.1 Å². The quantitative estimate of drug-likeness (QED) is 0.428. The lowest BCUT2D eigenvalue weighted by Crippen LogP contribution is -2.31. The van der Waals surface area contributed by atoms with E-state index < -0.39 is 11.8 Å². The van der Waals surface area contributed by atoms with Gasteiger partial charge in [0.25, 0.3) is 5.91 Å². The van der Waals surface area contributed by atoms with Crippen molar-refractivity contribution in [1.29, 1.82) is 0 Å². The van der Waals surface area contributed by atoms with Gasteiger partial charge in [-0.1, -0.05) is 30.0 Å². The fourth-order valence-electron chi connectivity index (χ4n) is 3.07. The molecule has 0 aliphatic heterocycles. The highest BCUT2D eigenvalue weighted by Crippen LogP contribution is 2.30. The number of aryl methyl sites for hydroxylation is 1. The molecule has 2 amide bonds. The summed E-state index contributed by atoms with van der Waals surface area (Å²) in [6, 6.07) is 18.0. The van der Waals surface area contributed by atoms with Gasteiger partial charge < -0.3 is 9.15 Å². The minimum atomic E-state index is -0.475. The summed E-state index contributed by atoms with van der Waals surface area (Å²) >= 11 is 1.19. The van der Waals surface area contributed by atoms with Crippen LogP contribution in [0.15, 0.2) is 76.5 Å². The largest absolute Gasteiger partial charge is 0.497 e. The molecule has 0 radical (unpaired) electrons. The molecule has 0 bridgehead atoms. The number of nitrogens with zero attached hydrogens (tertiary/aromatic N) is 3. The van der Waals surface area contributed by atoms with E-state index in [0.717, 1.165) is 11.3 Å². The Bertz CT molecular complexity index is 1230. The van der Waals surface area contributed by atoms with Gasteiger partial charge in [0.1, 0.15) is 11.5 Å². The van der Waals surface area contributed by atoms with Crippen LogP contribution in [0, 0.1) is 6.92 Å². The second kappa shape index (κ2) is 9.52. The maximum Gasteiger partial charge on any atom is 0.257 e. The van der Waals surface area contributed by atoms with Crippen molar-refractivity contribution in [3.8, 4) is 22.8 Å². The predicted octanol–water partition coefficient (Wildman–Crippen LogP) is 3.89. The molecule has 2 aromatic carbocycles. The first kappa shape index (κ1) is 21.4. The lowest BCUT2D eigenvalue weighted by Gasteiger charge is -2.10. The zero-order valence-electron chi connectivity index (χ0n) is 17.4. The van der Waals surface area contributed by atoms with Gasteiger partial charge in [-0.3, -0.25) is 19.5 Å². The lowest BCUT2D eigenvalue weighted by molar-refractivity contribution is -0.117. The topological polar surface area (TPSA) is 99.2 Å². The third kappa shape index (κ3) is 4.57. The highest BCUT2D eigenvalue weighted by Gasteiger charge is 2.20. The first-order valence-corrected chi connectivity index (χ1v) is 10.7. The molecule has 4 aromatic rings. The van der Waals surface area contributed by atoms with Crippen molar-refractivity contribution >= 4 is 23.6 Å². The van der Waals surface area contributed by atoms with E-state index in [2.05, 4.69) is 15.5 Å². The average molecular weight is 449 g/mol. The Labute approximate surface area is 188 Å². The second-order valence-corrected chi connectivity index (χ2v) is 7.70. The molecular weight excluding hydrogens is 428 g/mol. The number of carbonyl (C=O) groups excluding carboxylic acids is 2. The molecule has 1 N–H and O–H groups in total. The number of furan rings is 1. The summed E-state index contributed by atoms with van der Waals surface area (Å²) in [6.45, 7) is 1.85. The number of benzene rings is 2. The minimum Gasteiger partial charge on any atom is -0.497 e. The van der Waals surface area contributed by atoms with E-state index in [-0.39, 0.29) is 5.75 Å². The normalized spacial score (nSPS) is 10.7. The van der Waals surface area contributed by atoms with Gasteiger partial charge in [0.15, 0.2) is 11.0 Å². The van der Waals surface area contributed by atoms with Gasteiger partial charge in [-0.2, -0.15) is 0 Å². The number of amides is 2. The van der Waals surface area contributed by atoms with Crippen LogP contribution in [0.5, 0.6) is 5.75 Å². The third-order valence-electron chi connectivity index (χ3n) is 4.68. The van der Waals surface area contributed by atoms with Crippen LogP contribution in [-0.4, -0.2) is 39.4 Å². The van der Waals surface area contributed by atoms with Crippen molar-refractivity contribution < 1.29 is 18.7 Å². The monoisotopic (exact) mass is 448 g/mol. The number of hydrogen-bond donors (Lipinski definition) is 1. The molecule has 0 aliphatic rings. The summed E-state index contributed by atoms with van der Waals surface area (Å²) < 4.78 is 12.4. The fraction of sp³-hybridized carbons (Fsp3) is 0.130. The Morgan fingerprint density at radius 3 is 2.47 bits per heavy atom. The maximum atomic E-state index is 12.4. The van der Waals surface area contributed by atoms with Crippen LogP contribution >= 0.6 is 11.8 Å². The van der Waals surface area contributed by atoms with Crippen molar-refractivity contribution in [2.24, 2.45) is 0 Å². The van der Waals surface area contributed by atoms with Crippen molar-refractivity contribution in [2.45, 2.75) is 12.1 Å². The van der Waals surface area contributed by atoms with Crippen LogP contribution in [0.25, 0.3) is 17.1 Å². The molecule has 162 valence electrons. The molecule has 9 heteroatoms. The summed E-state index contributed by atoms with van der Waals surface area (Å²) in [7, 11) is 1.54. The van der Waals surface area contributed by atoms with Crippen LogP contribution in [0.3, 0.4) is 0 Å². The predicted molar refractivity (Wildman–Crippen MR) is 120 cm³/mol. The molecule has 4 rings (SSSR count). The van der Waals surface area contributed by atoms with Gasteiger partial charge in [-0.05, 0) is 49.4 Å². The van der Waals surface area contributed by atoms with Gasteiger partial charge in [0.2, 0.25) is 5.91 Å². The summed E-state index contributed by atoms with van der Waals surface area (Å²) in [6.07, 6.45) is 1.60. The van der Waals surface area contributed by atoms with Crippen molar-refractivity contribution in [3.63, 3.8) is 0 Å². The molecule has 2 heterocycles. The smallest absolute Gasteiger partial charge is 0.257 e. The van der Waals surface area contributed by atoms with Gasteiger partial charge in [-0.15, -0.1) is 10.2 Å². The number of hydrogen-bond acceptors (Lipinski definition) is 7.